The van der Waals surface area contributed by atoms with Crippen LogP contribution >= 0.6 is 12.2 Å². The number of rotatable bonds is 2. The highest BCUT2D eigenvalue weighted by atomic mass is 32.1. The molecule has 0 saturated carbocycles. The van der Waals surface area contributed by atoms with Crippen LogP contribution in [0.3, 0.4) is 0 Å². The first-order valence-corrected chi connectivity index (χ1v) is 7.05. The average molecular weight is 274 g/mol. The molecule has 1 aliphatic heterocycles. The van der Waals surface area contributed by atoms with Crippen LogP contribution in [0.4, 0.5) is 5.95 Å². The fraction of sp³-hybridized carbons (Fsp3) is 0.429. The maximum atomic E-state index is 5.37. The Kier molecular flexibility index (Phi) is 3.14. The fourth-order valence-corrected chi connectivity index (χ4v) is 2.84. The number of aromatic amines is 1. The van der Waals surface area contributed by atoms with Crippen LogP contribution in [-0.4, -0.2) is 27.9 Å². The van der Waals surface area contributed by atoms with Crippen LogP contribution in [0, 0.1) is 16.6 Å². The summed E-state index contributed by atoms with van der Waals surface area (Å²) in [6.07, 6.45) is 0. The Morgan fingerprint density at radius 2 is 1.79 bits per heavy atom. The molecule has 100 valence electrons. The smallest absolute Gasteiger partial charge is 0.230 e. The van der Waals surface area contributed by atoms with Gasteiger partial charge in [-0.25, -0.2) is 5.10 Å². The van der Waals surface area contributed by atoms with Crippen molar-refractivity contribution < 1.29 is 0 Å². The first-order chi connectivity index (χ1) is 9.16. The molecule has 0 bridgehead atoms. The third-order valence-electron chi connectivity index (χ3n) is 3.94. The van der Waals surface area contributed by atoms with Gasteiger partial charge in [-0.1, -0.05) is 32.0 Å². The van der Waals surface area contributed by atoms with E-state index in [-0.39, 0.29) is 0 Å². The van der Waals surface area contributed by atoms with Crippen molar-refractivity contribution in [3.63, 3.8) is 0 Å². The van der Waals surface area contributed by atoms with Gasteiger partial charge in [0.1, 0.15) is 0 Å². The molecule has 1 aromatic heterocycles. The molecule has 5 heteroatoms. The predicted molar refractivity (Wildman–Crippen MR) is 79.3 cm³/mol. The zero-order chi connectivity index (χ0) is 13.4. The molecule has 2 aromatic rings. The van der Waals surface area contributed by atoms with Crippen LogP contribution < -0.4 is 4.90 Å². The number of aromatic nitrogens is 3. The molecule has 3 rings (SSSR count). The summed E-state index contributed by atoms with van der Waals surface area (Å²) in [7, 11) is 0. The van der Waals surface area contributed by atoms with Crippen LogP contribution in [0.2, 0.25) is 0 Å². The lowest BCUT2D eigenvalue weighted by molar-refractivity contribution is 0.494. The quantitative estimate of drug-likeness (QED) is 0.855. The lowest BCUT2D eigenvalue weighted by Crippen LogP contribution is -2.23. The predicted octanol–water partition coefficient (Wildman–Crippen LogP) is 3.02. The molecular weight excluding hydrogens is 256 g/mol. The van der Waals surface area contributed by atoms with Crippen molar-refractivity contribution in [2.45, 2.75) is 13.8 Å². The molecule has 0 radical (unpaired) electrons. The van der Waals surface area contributed by atoms with Crippen molar-refractivity contribution in [2.24, 2.45) is 11.8 Å². The minimum Gasteiger partial charge on any atom is -0.340 e. The molecule has 1 aromatic carbocycles. The number of H-pyrrole nitrogens is 1. The molecule has 1 saturated heterocycles. The molecular formula is C14H18N4S. The van der Waals surface area contributed by atoms with Gasteiger partial charge in [-0.3, -0.25) is 4.57 Å². The number of nitrogens with zero attached hydrogens (tertiary/aromatic N) is 3. The Morgan fingerprint density at radius 1 is 1.16 bits per heavy atom. The van der Waals surface area contributed by atoms with Gasteiger partial charge in [-0.05, 0) is 36.2 Å². The van der Waals surface area contributed by atoms with E-state index in [0.29, 0.717) is 16.6 Å². The van der Waals surface area contributed by atoms with Crippen molar-refractivity contribution in [1.82, 2.24) is 14.8 Å². The number of hydrogen-bond donors (Lipinski definition) is 1. The monoisotopic (exact) mass is 274 g/mol. The minimum atomic E-state index is 0.647. The number of hydrogen-bond acceptors (Lipinski definition) is 3. The molecule has 1 N–H and O–H groups in total. The summed E-state index contributed by atoms with van der Waals surface area (Å²) >= 11 is 5.37. The maximum Gasteiger partial charge on any atom is 0.230 e. The van der Waals surface area contributed by atoms with E-state index in [0.717, 1.165) is 24.7 Å². The Hall–Kier alpha value is -1.62. The standard InChI is InChI=1S/C14H18N4S/c1-10-8-17(9-11(10)2)13-15-16-14(19)18(13)12-6-4-3-5-7-12/h3-7,10-11H,8-9H2,1-2H3,(H,16,19). The van der Waals surface area contributed by atoms with Crippen LogP contribution in [-0.2, 0) is 0 Å². The summed E-state index contributed by atoms with van der Waals surface area (Å²) in [4.78, 5) is 2.31. The lowest BCUT2D eigenvalue weighted by Gasteiger charge is -2.17. The van der Waals surface area contributed by atoms with Gasteiger partial charge in [0.25, 0.3) is 0 Å². The maximum absolute atomic E-state index is 5.37. The third-order valence-corrected chi connectivity index (χ3v) is 4.21. The molecule has 2 atom stereocenters. The highest BCUT2D eigenvalue weighted by Gasteiger charge is 2.29. The number of benzene rings is 1. The molecule has 2 heterocycles. The van der Waals surface area contributed by atoms with Crippen LogP contribution in [0.25, 0.3) is 5.69 Å². The first-order valence-electron chi connectivity index (χ1n) is 6.64. The van der Waals surface area contributed by atoms with Crippen molar-refractivity contribution in [3.8, 4) is 5.69 Å². The van der Waals surface area contributed by atoms with Crippen LogP contribution in [0.1, 0.15) is 13.8 Å². The minimum absolute atomic E-state index is 0.647. The highest BCUT2D eigenvalue weighted by Crippen LogP contribution is 2.28. The van der Waals surface area contributed by atoms with Gasteiger partial charge in [-0.2, -0.15) is 0 Å². The topological polar surface area (TPSA) is 36.9 Å². The Bertz CT molecular complexity index is 606. The molecule has 0 amide bonds. The number of nitrogens with one attached hydrogen (secondary N) is 1. The molecule has 2 unspecified atom stereocenters. The summed E-state index contributed by atoms with van der Waals surface area (Å²) in [6.45, 7) is 6.65. The number of anilines is 1. The lowest BCUT2D eigenvalue weighted by atomic mass is 10.0. The van der Waals surface area contributed by atoms with Gasteiger partial charge in [0.05, 0.1) is 5.69 Å². The Labute approximate surface area is 118 Å². The summed E-state index contributed by atoms with van der Waals surface area (Å²) in [5, 5.41) is 7.33. The van der Waals surface area contributed by atoms with Gasteiger partial charge >= 0.3 is 0 Å². The zero-order valence-corrected chi connectivity index (χ0v) is 12.0. The van der Waals surface area contributed by atoms with E-state index in [9.17, 15) is 0 Å². The van der Waals surface area contributed by atoms with Crippen molar-refractivity contribution in [3.05, 3.63) is 35.1 Å². The van der Waals surface area contributed by atoms with Gasteiger partial charge in [-0.15, -0.1) is 5.10 Å². The van der Waals surface area contributed by atoms with Crippen molar-refractivity contribution in [2.75, 3.05) is 18.0 Å². The van der Waals surface area contributed by atoms with E-state index >= 15 is 0 Å². The molecule has 19 heavy (non-hydrogen) atoms. The highest BCUT2D eigenvalue weighted by molar-refractivity contribution is 7.71. The first kappa shape index (κ1) is 12.4. The fourth-order valence-electron chi connectivity index (χ4n) is 2.60. The van der Waals surface area contributed by atoms with Gasteiger partial charge < -0.3 is 4.90 Å². The summed E-state index contributed by atoms with van der Waals surface area (Å²) in [6, 6.07) is 10.1. The SMILES string of the molecule is CC1CN(c2n[nH]c(=S)n2-c2ccccc2)CC1C. The second-order valence-electron chi connectivity index (χ2n) is 5.36. The van der Waals surface area contributed by atoms with E-state index in [1.807, 2.05) is 22.8 Å². The largest absolute Gasteiger partial charge is 0.340 e. The molecule has 1 fully saturated rings. The van der Waals surface area contributed by atoms with Gasteiger partial charge in [0, 0.05) is 13.1 Å². The van der Waals surface area contributed by atoms with E-state index < -0.39 is 0 Å². The van der Waals surface area contributed by atoms with Crippen molar-refractivity contribution >= 4 is 18.2 Å². The normalized spacial score (nSPS) is 22.9. The molecule has 0 aliphatic carbocycles. The van der Waals surface area contributed by atoms with E-state index in [4.69, 9.17) is 12.2 Å². The van der Waals surface area contributed by atoms with Gasteiger partial charge in [0.2, 0.25) is 10.7 Å². The second kappa shape index (κ2) is 4.81. The van der Waals surface area contributed by atoms with Crippen LogP contribution in [0.15, 0.2) is 30.3 Å². The Morgan fingerprint density at radius 3 is 2.42 bits per heavy atom. The van der Waals surface area contributed by atoms with Gasteiger partial charge in [0.15, 0.2) is 0 Å². The van der Waals surface area contributed by atoms with E-state index in [2.05, 4.69) is 41.1 Å². The zero-order valence-electron chi connectivity index (χ0n) is 11.2. The summed E-state index contributed by atoms with van der Waals surface area (Å²) in [5.74, 6) is 2.30. The average Bonchev–Trinajstić information content (AvgIpc) is 2.95. The van der Waals surface area contributed by atoms with Crippen molar-refractivity contribution in [1.29, 1.82) is 0 Å². The second-order valence-corrected chi connectivity index (χ2v) is 5.75. The number of para-hydroxylation sites is 1. The van der Waals surface area contributed by atoms with Crippen LogP contribution in [0.5, 0.6) is 0 Å². The Balaban J connectivity index is 2.03. The molecule has 0 spiro atoms. The van der Waals surface area contributed by atoms with E-state index in [1.54, 1.807) is 0 Å². The molecule has 1 aliphatic rings. The summed E-state index contributed by atoms with van der Waals surface area (Å²) < 4.78 is 2.66. The molecule has 4 nitrogen and oxygen atoms in total. The van der Waals surface area contributed by atoms with E-state index in [1.165, 1.54) is 0 Å². The summed E-state index contributed by atoms with van der Waals surface area (Å²) in [5.41, 5.74) is 1.06. The third kappa shape index (κ3) is 2.18.